The largest absolute Gasteiger partial charge is 0.481 e. The summed E-state index contributed by atoms with van der Waals surface area (Å²) in [6, 6.07) is 20.5. The topological polar surface area (TPSA) is 53.5 Å². The third-order valence-electron chi connectivity index (χ3n) is 3.98. The number of rotatable bonds is 6. The highest BCUT2D eigenvalue weighted by Gasteiger charge is 2.27. The molecule has 0 aliphatic carbocycles. The minimum absolute atomic E-state index is 0.127. The summed E-state index contributed by atoms with van der Waals surface area (Å²) >= 11 is 0. The Morgan fingerprint density at radius 1 is 0.640 bits per heavy atom. The SMILES string of the molecule is COc1nc(OC)c(C(c2ccccc2)c2ccccc2)c(OC)n1. The Kier molecular flexibility index (Phi) is 5.14. The van der Waals surface area contributed by atoms with Crippen molar-refractivity contribution >= 4 is 0 Å². The highest BCUT2D eigenvalue weighted by molar-refractivity contribution is 5.51. The van der Waals surface area contributed by atoms with Crippen molar-refractivity contribution in [1.29, 1.82) is 0 Å². The second-order valence-electron chi connectivity index (χ2n) is 5.40. The van der Waals surface area contributed by atoms with Gasteiger partial charge < -0.3 is 14.2 Å². The van der Waals surface area contributed by atoms with Gasteiger partial charge in [-0.05, 0) is 11.1 Å². The first kappa shape index (κ1) is 16.8. The van der Waals surface area contributed by atoms with Crippen LogP contribution in [0.3, 0.4) is 0 Å². The van der Waals surface area contributed by atoms with Gasteiger partial charge >= 0.3 is 6.01 Å². The summed E-state index contributed by atoms with van der Waals surface area (Å²) in [7, 11) is 4.68. The lowest BCUT2D eigenvalue weighted by molar-refractivity contribution is 0.323. The van der Waals surface area contributed by atoms with Gasteiger partial charge in [-0.3, -0.25) is 0 Å². The van der Waals surface area contributed by atoms with Crippen LogP contribution in [0, 0.1) is 0 Å². The predicted octanol–water partition coefficient (Wildman–Crippen LogP) is 3.68. The van der Waals surface area contributed by atoms with Crippen molar-refractivity contribution in [3.8, 4) is 17.8 Å². The molecule has 3 rings (SSSR count). The minimum Gasteiger partial charge on any atom is -0.481 e. The maximum absolute atomic E-state index is 5.54. The number of nitrogens with zero attached hydrogens (tertiary/aromatic N) is 2. The van der Waals surface area contributed by atoms with E-state index in [1.807, 2.05) is 36.4 Å². The van der Waals surface area contributed by atoms with Gasteiger partial charge in [0.05, 0.1) is 26.9 Å². The van der Waals surface area contributed by atoms with Gasteiger partial charge in [0, 0.05) is 5.92 Å². The van der Waals surface area contributed by atoms with Crippen molar-refractivity contribution in [3.63, 3.8) is 0 Å². The van der Waals surface area contributed by atoms with Gasteiger partial charge in [-0.1, -0.05) is 60.7 Å². The van der Waals surface area contributed by atoms with Crippen molar-refractivity contribution in [2.45, 2.75) is 5.92 Å². The first-order chi connectivity index (χ1) is 12.3. The van der Waals surface area contributed by atoms with Gasteiger partial charge in [0.25, 0.3) is 0 Å². The van der Waals surface area contributed by atoms with E-state index < -0.39 is 0 Å². The van der Waals surface area contributed by atoms with E-state index in [0.29, 0.717) is 11.8 Å². The molecule has 128 valence electrons. The van der Waals surface area contributed by atoms with Gasteiger partial charge in [0.2, 0.25) is 11.8 Å². The van der Waals surface area contributed by atoms with Crippen LogP contribution in [-0.4, -0.2) is 31.3 Å². The summed E-state index contributed by atoms with van der Waals surface area (Å²) in [5, 5.41) is 0. The number of hydrogen-bond donors (Lipinski definition) is 0. The molecule has 0 aliphatic rings. The molecule has 3 aromatic rings. The van der Waals surface area contributed by atoms with E-state index in [0.717, 1.165) is 16.7 Å². The smallest absolute Gasteiger partial charge is 0.322 e. The molecule has 0 spiro atoms. The molecule has 0 bridgehead atoms. The Hall–Kier alpha value is -3.08. The summed E-state index contributed by atoms with van der Waals surface area (Å²) in [4.78, 5) is 8.71. The second kappa shape index (κ2) is 7.66. The standard InChI is InChI=1S/C20H20N2O3/c1-23-18-17(19(24-2)22-20(21-18)25-3)16(14-10-6-4-7-11-14)15-12-8-5-9-13-15/h4-13,16H,1-3H3. The molecule has 0 atom stereocenters. The van der Waals surface area contributed by atoms with Crippen LogP contribution in [0.2, 0.25) is 0 Å². The van der Waals surface area contributed by atoms with Gasteiger partial charge in [0.15, 0.2) is 0 Å². The molecule has 0 unspecified atom stereocenters. The van der Waals surface area contributed by atoms with Gasteiger partial charge in [-0.2, -0.15) is 9.97 Å². The van der Waals surface area contributed by atoms with Crippen LogP contribution in [0.15, 0.2) is 60.7 Å². The van der Waals surface area contributed by atoms with Crippen LogP contribution < -0.4 is 14.2 Å². The zero-order valence-electron chi connectivity index (χ0n) is 14.5. The van der Waals surface area contributed by atoms with E-state index in [2.05, 4.69) is 34.2 Å². The lowest BCUT2D eigenvalue weighted by atomic mass is 9.86. The first-order valence-electron chi connectivity index (χ1n) is 7.92. The van der Waals surface area contributed by atoms with E-state index in [9.17, 15) is 0 Å². The summed E-state index contributed by atoms with van der Waals surface area (Å²) in [5.74, 6) is 0.737. The van der Waals surface area contributed by atoms with Gasteiger partial charge in [-0.25, -0.2) is 0 Å². The molecule has 0 saturated heterocycles. The van der Waals surface area contributed by atoms with E-state index >= 15 is 0 Å². The third-order valence-corrected chi connectivity index (χ3v) is 3.98. The predicted molar refractivity (Wildman–Crippen MR) is 95.5 cm³/mol. The summed E-state index contributed by atoms with van der Waals surface area (Å²) in [6.07, 6.45) is 0. The minimum atomic E-state index is -0.127. The van der Waals surface area contributed by atoms with Crippen LogP contribution in [0.5, 0.6) is 17.8 Å². The number of benzene rings is 2. The van der Waals surface area contributed by atoms with E-state index in [4.69, 9.17) is 14.2 Å². The molecule has 1 heterocycles. The molecule has 0 fully saturated rings. The maximum atomic E-state index is 5.54. The van der Waals surface area contributed by atoms with Crippen LogP contribution in [0.25, 0.3) is 0 Å². The zero-order valence-corrected chi connectivity index (χ0v) is 14.5. The molecule has 0 amide bonds. The molecule has 0 aliphatic heterocycles. The first-order valence-corrected chi connectivity index (χ1v) is 7.92. The molecule has 0 saturated carbocycles. The maximum Gasteiger partial charge on any atom is 0.322 e. The number of aromatic nitrogens is 2. The summed E-state index contributed by atoms with van der Waals surface area (Å²) in [6.45, 7) is 0. The number of ether oxygens (including phenoxy) is 3. The normalized spacial score (nSPS) is 10.6. The van der Waals surface area contributed by atoms with Gasteiger partial charge in [-0.15, -0.1) is 0 Å². The molecule has 0 radical (unpaired) electrons. The lowest BCUT2D eigenvalue weighted by Gasteiger charge is -2.22. The Morgan fingerprint density at radius 2 is 1.08 bits per heavy atom. The van der Waals surface area contributed by atoms with Crippen molar-refractivity contribution in [3.05, 3.63) is 77.4 Å². The van der Waals surface area contributed by atoms with Crippen LogP contribution >= 0.6 is 0 Å². The number of methoxy groups -OCH3 is 3. The Labute approximate surface area is 147 Å². The van der Waals surface area contributed by atoms with Crippen molar-refractivity contribution in [1.82, 2.24) is 9.97 Å². The molecule has 5 heteroatoms. The average Bonchev–Trinajstić information content (AvgIpc) is 2.69. The van der Waals surface area contributed by atoms with Crippen LogP contribution in [-0.2, 0) is 0 Å². The van der Waals surface area contributed by atoms with E-state index in [1.54, 1.807) is 14.2 Å². The van der Waals surface area contributed by atoms with Crippen LogP contribution in [0.4, 0.5) is 0 Å². The quantitative estimate of drug-likeness (QED) is 0.687. The highest BCUT2D eigenvalue weighted by atomic mass is 16.5. The Balaban J connectivity index is 2.27. The molecular formula is C20H20N2O3. The third kappa shape index (κ3) is 3.40. The van der Waals surface area contributed by atoms with Crippen molar-refractivity contribution in [2.75, 3.05) is 21.3 Å². The Bertz CT molecular complexity index is 758. The number of hydrogen-bond acceptors (Lipinski definition) is 5. The lowest BCUT2D eigenvalue weighted by Crippen LogP contribution is -2.11. The van der Waals surface area contributed by atoms with Crippen molar-refractivity contribution in [2.24, 2.45) is 0 Å². The monoisotopic (exact) mass is 336 g/mol. The van der Waals surface area contributed by atoms with E-state index in [1.165, 1.54) is 7.11 Å². The molecule has 5 nitrogen and oxygen atoms in total. The molecule has 1 aromatic heterocycles. The van der Waals surface area contributed by atoms with Crippen molar-refractivity contribution < 1.29 is 14.2 Å². The fourth-order valence-electron chi connectivity index (χ4n) is 2.88. The zero-order chi connectivity index (χ0) is 17.6. The van der Waals surface area contributed by atoms with Gasteiger partial charge in [0.1, 0.15) is 0 Å². The second-order valence-corrected chi connectivity index (χ2v) is 5.40. The van der Waals surface area contributed by atoms with E-state index in [-0.39, 0.29) is 11.9 Å². The summed E-state index contributed by atoms with van der Waals surface area (Å²) in [5.41, 5.74) is 2.96. The van der Waals surface area contributed by atoms with Crippen LogP contribution in [0.1, 0.15) is 22.6 Å². The molecule has 2 aromatic carbocycles. The fourth-order valence-corrected chi connectivity index (χ4v) is 2.88. The molecule has 0 N–H and O–H groups in total. The molecular weight excluding hydrogens is 316 g/mol. The average molecular weight is 336 g/mol. The summed E-state index contributed by atoms with van der Waals surface area (Å²) < 4.78 is 16.2. The fraction of sp³-hybridized carbons (Fsp3) is 0.200. The highest BCUT2D eigenvalue weighted by Crippen LogP contribution is 2.41. The molecule has 25 heavy (non-hydrogen) atoms. The Morgan fingerprint density at radius 3 is 1.44 bits per heavy atom.